The Labute approximate surface area is 121 Å². The minimum Gasteiger partial charge on any atom is -0.409 e. The zero-order valence-corrected chi connectivity index (χ0v) is 13.2. The van der Waals surface area contributed by atoms with Crippen molar-refractivity contribution in [2.24, 2.45) is 17.9 Å². The minimum absolute atomic E-state index is 0.117. The predicted molar refractivity (Wildman–Crippen MR) is 82.5 cm³/mol. The molecule has 0 aliphatic rings. The van der Waals surface area contributed by atoms with Gasteiger partial charge < -0.3 is 15.8 Å². The number of aryl methyl sites for hydroxylation is 2. The minimum atomic E-state index is 0.117. The van der Waals surface area contributed by atoms with Gasteiger partial charge in [0.25, 0.3) is 0 Å². The van der Waals surface area contributed by atoms with Gasteiger partial charge in [-0.15, -0.1) is 0 Å². The van der Waals surface area contributed by atoms with Crippen LogP contribution in [0.5, 0.6) is 0 Å². The van der Waals surface area contributed by atoms with Gasteiger partial charge in [0.1, 0.15) is 5.82 Å². The third-order valence-electron chi connectivity index (χ3n) is 3.45. The summed E-state index contributed by atoms with van der Waals surface area (Å²) >= 11 is 0. The van der Waals surface area contributed by atoms with Crippen molar-refractivity contribution in [2.45, 2.75) is 53.0 Å². The van der Waals surface area contributed by atoms with Crippen LogP contribution in [0.25, 0.3) is 0 Å². The molecule has 114 valence electrons. The van der Waals surface area contributed by atoms with Crippen LogP contribution in [-0.4, -0.2) is 33.4 Å². The molecule has 0 aliphatic carbocycles. The Morgan fingerprint density at radius 1 is 1.45 bits per heavy atom. The molecule has 3 N–H and O–H groups in total. The molecule has 1 rings (SSSR count). The monoisotopic (exact) mass is 281 g/mol. The van der Waals surface area contributed by atoms with Gasteiger partial charge in [-0.25, -0.2) is 0 Å². The van der Waals surface area contributed by atoms with Crippen molar-refractivity contribution in [1.82, 2.24) is 9.78 Å². The van der Waals surface area contributed by atoms with E-state index in [1.807, 2.05) is 18.7 Å². The second-order valence-corrected chi connectivity index (χ2v) is 5.39. The number of unbranched alkanes of at least 4 members (excludes halogenated alkanes) is 2. The number of hydrogen-bond donors (Lipinski definition) is 2. The van der Waals surface area contributed by atoms with E-state index in [9.17, 15) is 0 Å². The first-order valence-electron chi connectivity index (χ1n) is 7.22. The highest BCUT2D eigenvalue weighted by atomic mass is 16.4. The van der Waals surface area contributed by atoms with Crippen molar-refractivity contribution < 1.29 is 5.21 Å². The van der Waals surface area contributed by atoms with Crippen LogP contribution < -0.4 is 10.6 Å². The first kappa shape index (κ1) is 16.3. The molecule has 0 bridgehead atoms. The molecule has 1 aromatic heterocycles. The quantitative estimate of drug-likeness (QED) is 0.264. The summed E-state index contributed by atoms with van der Waals surface area (Å²) in [6.45, 7) is 9.29. The van der Waals surface area contributed by atoms with Gasteiger partial charge in [0.05, 0.1) is 11.3 Å². The summed E-state index contributed by atoms with van der Waals surface area (Å²) < 4.78 is 1.81. The molecule has 0 saturated heterocycles. The largest absolute Gasteiger partial charge is 0.409 e. The van der Waals surface area contributed by atoms with Crippen molar-refractivity contribution in [3.63, 3.8) is 0 Å². The summed E-state index contributed by atoms with van der Waals surface area (Å²) in [7, 11) is 1.89. The fourth-order valence-corrected chi connectivity index (χ4v) is 2.47. The summed E-state index contributed by atoms with van der Waals surface area (Å²) in [6.07, 6.45) is 3.50. The summed E-state index contributed by atoms with van der Waals surface area (Å²) in [5.41, 5.74) is 7.32. The highest BCUT2D eigenvalue weighted by molar-refractivity contribution is 6.02. The second kappa shape index (κ2) is 7.17. The van der Waals surface area contributed by atoms with Gasteiger partial charge in [-0.2, -0.15) is 5.10 Å². The van der Waals surface area contributed by atoms with Crippen molar-refractivity contribution in [2.75, 3.05) is 11.4 Å². The number of rotatable bonds is 7. The van der Waals surface area contributed by atoms with Crippen molar-refractivity contribution in [1.29, 1.82) is 0 Å². The highest BCUT2D eigenvalue weighted by Gasteiger charge is 2.23. The third-order valence-corrected chi connectivity index (χ3v) is 3.45. The predicted octanol–water partition coefficient (Wildman–Crippen LogP) is 2.23. The van der Waals surface area contributed by atoms with Gasteiger partial charge in [-0.3, -0.25) is 4.68 Å². The lowest BCUT2D eigenvalue weighted by molar-refractivity contribution is 0.318. The molecule has 0 unspecified atom stereocenters. The first-order valence-corrected chi connectivity index (χ1v) is 7.22. The van der Waals surface area contributed by atoms with Gasteiger partial charge in [-0.05, 0) is 27.2 Å². The Bertz CT molecular complexity index is 464. The van der Waals surface area contributed by atoms with E-state index < -0.39 is 0 Å². The lowest BCUT2D eigenvalue weighted by Crippen LogP contribution is -2.35. The van der Waals surface area contributed by atoms with Gasteiger partial charge in [-0.1, -0.05) is 24.9 Å². The first-order chi connectivity index (χ1) is 9.43. The topological polar surface area (TPSA) is 79.7 Å². The molecule has 20 heavy (non-hydrogen) atoms. The number of oxime groups is 1. The lowest BCUT2D eigenvalue weighted by atomic mass is 10.1. The smallest absolute Gasteiger partial charge is 0.175 e. The van der Waals surface area contributed by atoms with Crippen molar-refractivity contribution in [3.8, 4) is 0 Å². The van der Waals surface area contributed by atoms with Crippen molar-refractivity contribution in [3.05, 3.63) is 11.3 Å². The van der Waals surface area contributed by atoms with Gasteiger partial charge in [0.2, 0.25) is 0 Å². The van der Waals surface area contributed by atoms with Crippen LogP contribution in [-0.2, 0) is 7.05 Å². The summed E-state index contributed by atoms with van der Waals surface area (Å²) in [6, 6.07) is 0.326. The third kappa shape index (κ3) is 3.43. The maximum absolute atomic E-state index is 8.99. The molecule has 1 heterocycles. The average Bonchev–Trinajstić information content (AvgIpc) is 2.68. The van der Waals surface area contributed by atoms with Crippen LogP contribution in [0.3, 0.4) is 0 Å². The zero-order valence-electron chi connectivity index (χ0n) is 13.2. The van der Waals surface area contributed by atoms with E-state index in [1.165, 1.54) is 12.8 Å². The molecule has 0 aliphatic heterocycles. The number of amidine groups is 1. The second-order valence-electron chi connectivity index (χ2n) is 5.39. The molecule has 6 nitrogen and oxygen atoms in total. The summed E-state index contributed by atoms with van der Waals surface area (Å²) in [4.78, 5) is 2.27. The highest BCUT2D eigenvalue weighted by Crippen LogP contribution is 2.25. The SMILES string of the molecule is CCCCCN(c1c(C(N)=NO)c(C)nn1C)C(C)C. The van der Waals surface area contributed by atoms with Crippen LogP contribution in [0.1, 0.15) is 51.3 Å². The average molecular weight is 281 g/mol. The lowest BCUT2D eigenvalue weighted by Gasteiger charge is -2.29. The van der Waals surface area contributed by atoms with Crippen LogP contribution in [0.15, 0.2) is 5.16 Å². The maximum Gasteiger partial charge on any atom is 0.175 e. The Hall–Kier alpha value is -1.72. The number of aromatic nitrogens is 2. The number of anilines is 1. The van der Waals surface area contributed by atoms with E-state index in [4.69, 9.17) is 10.9 Å². The Morgan fingerprint density at radius 2 is 2.10 bits per heavy atom. The van der Waals surface area contributed by atoms with Crippen LogP contribution >= 0.6 is 0 Å². The molecule has 0 spiro atoms. The molecule has 0 atom stereocenters. The molecule has 0 aromatic carbocycles. The normalized spacial score (nSPS) is 12.2. The molecular formula is C14H27N5O. The molecule has 0 saturated carbocycles. The Kier molecular flexibility index (Phi) is 5.85. The maximum atomic E-state index is 8.99. The summed E-state index contributed by atoms with van der Waals surface area (Å²) in [5, 5.41) is 16.5. The van der Waals surface area contributed by atoms with Gasteiger partial charge >= 0.3 is 0 Å². The van der Waals surface area contributed by atoms with E-state index in [-0.39, 0.29) is 5.84 Å². The van der Waals surface area contributed by atoms with E-state index in [2.05, 4.69) is 35.9 Å². The molecule has 0 radical (unpaired) electrons. The standard InChI is InChI=1S/C14H27N5O/c1-6-7-8-9-19(10(2)3)14-12(13(15)17-20)11(4)16-18(14)5/h10,20H,6-9H2,1-5H3,(H2,15,17). The van der Waals surface area contributed by atoms with Crippen LogP contribution in [0.4, 0.5) is 5.82 Å². The van der Waals surface area contributed by atoms with E-state index in [0.29, 0.717) is 6.04 Å². The zero-order chi connectivity index (χ0) is 15.3. The number of hydrogen-bond acceptors (Lipinski definition) is 4. The fourth-order valence-electron chi connectivity index (χ4n) is 2.47. The molecule has 0 fully saturated rings. The molecule has 1 aromatic rings. The molecule has 6 heteroatoms. The van der Waals surface area contributed by atoms with Crippen LogP contribution in [0.2, 0.25) is 0 Å². The Balaban J connectivity index is 3.19. The molecular weight excluding hydrogens is 254 g/mol. The van der Waals surface area contributed by atoms with Gasteiger partial charge in [0, 0.05) is 19.6 Å². The fraction of sp³-hybridized carbons (Fsp3) is 0.714. The van der Waals surface area contributed by atoms with Crippen molar-refractivity contribution >= 4 is 11.7 Å². The van der Waals surface area contributed by atoms with Crippen LogP contribution in [0, 0.1) is 6.92 Å². The number of nitrogens with zero attached hydrogens (tertiary/aromatic N) is 4. The summed E-state index contributed by atoms with van der Waals surface area (Å²) in [5.74, 6) is 1.04. The molecule has 0 amide bonds. The van der Waals surface area contributed by atoms with E-state index in [0.717, 1.165) is 30.0 Å². The Morgan fingerprint density at radius 3 is 2.60 bits per heavy atom. The van der Waals surface area contributed by atoms with E-state index in [1.54, 1.807) is 0 Å². The van der Waals surface area contributed by atoms with Gasteiger partial charge in [0.15, 0.2) is 5.84 Å². The number of nitrogens with two attached hydrogens (primary N) is 1. The van der Waals surface area contributed by atoms with E-state index >= 15 is 0 Å².